The summed E-state index contributed by atoms with van der Waals surface area (Å²) in [7, 11) is 0. The van der Waals surface area contributed by atoms with Gasteiger partial charge in [-0.25, -0.2) is 11.1 Å². The summed E-state index contributed by atoms with van der Waals surface area (Å²) in [5, 5.41) is 0. The maximum atomic E-state index is 11.8. The fourth-order valence-electron chi connectivity index (χ4n) is 4.60. The third-order valence-electron chi connectivity index (χ3n) is 7.05. The van der Waals surface area contributed by atoms with E-state index in [0.717, 1.165) is 18.6 Å². The second-order valence-corrected chi connectivity index (χ2v) is 12.5. The van der Waals surface area contributed by atoms with Crippen molar-refractivity contribution in [2.45, 2.75) is 85.7 Å². The Labute approximate surface area is 261 Å². The predicted molar refractivity (Wildman–Crippen MR) is 164 cm³/mol. The summed E-state index contributed by atoms with van der Waals surface area (Å²) in [4.78, 5) is 0. The Bertz CT molecular complexity index is 1280. The van der Waals surface area contributed by atoms with E-state index in [1.54, 1.807) is 0 Å². The molecule has 4 heteroatoms. The van der Waals surface area contributed by atoms with Gasteiger partial charge < -0.3 is 0 Å². The summed E-state index contributed by atoms with van der Waals surface area (Å²) >= 11 is 1.30. The molecule has 0 aromatic heterocycles. The molecule has 0 radical (unpaired) electrons. The van der Waals surface area contributed by atoms with Gasteiger partial charge in [0, 0.05) is 0 Å². The van der Waals surface area contributed by atoms with Crippen LogP contribution in [0.3, 0.4) is 0 Å². The number of alkyl halides is 3. The Balaban J connectivity index is 0.000000244. The summed E-state index contributed by atoms with van der Waals surface area (Å²) in [6.45, 7) is 20.0. The minimum absolute atomic E-state index is 0.167. The molecule has 0 amide bonds. The maximum absolute atomic E-state index is 11.8. The number of hydrogen-bond acceptors (Lipinski definition) is 0. The molecule has 0 heterocycles. The molecule has 1 atom stereocenters. The van der Waals surface area contributed by atoms with E-state index >= 15 is 0 Å². The molecule has 0 saturated heterocycles. The normalized spacial score (nSPS) is 15.4. The van der Waals surface area contributed by atoms with Crippen molar-refractivity contribution in [1.82, 2.24) is 0 Å². The summed E-state index contributed by atoms with van der Waals surface area (Å²) in [5.41, 5.74) is 10.8. The first-order chi connectivity index (χ1) is 19.0. The van der Waals surface area contributed by atoms with Crippen LogP contribution in [0.1, 0.15) is 90.1 Å². The second-order valence-electron chi connectivity index (χ2n) is 12.5. The first kappa shape index (κ1) is 34.9. The molecule has 0 nitrogen and oxygen atoms in total. The Morgan fingerprint density at radius 1 is 0.805 bits per heavy atom. The molecule has 5 rings (SSSR count). The van der Waals surface area contributed by atoms with Gasteiger partial charge in [-0.1, -0.05) is 90.6 Å². The van der Waals surface area contributed by atoms with Gasteiger partial charge in [0.25, 0.3) is 0 Å². The molecule has 218 valence electrons. The predicted octanol–water partition coefficient (Wildman–Crippen LogP) is 10.5. The zero-order chi connectivity index (χ0) is 31.2. The van der Waals surface area contributed by atoms with Crippen molar-refractivity contribution in [3.63, 3.8) is 0 Å². The number of allylic oxidation sites excluding steroid dienone is 4. The molecule has 41 heavy (non-hydrogen) atoms. The molecule has 0 aliphatic heterocycles. The van der Waals surface area contributed by atoms with Crippen LogP contribution in [-0.2, 0) is 47.7 Å². The Morgan fingerprint density at radius 3 is 1.80 bits per heavy atom. The Morgan fingerprint density at radius 2 is 1.39 bits per heavy atom. The third kappa shape index (κ3) is 9.88. The van der Waals surface area contributed by atoms with Crippen LogP contribution in [0.5, 0.6) is 0 Å². The molecule has 1 unspecified atom stereocenters. The quantitative estimate of drug-likeness (QED) is 0.169. The van der Waals surface area contributed by atoms with Crippen molar-refractivity contribution < 1.29 is 37.4 Å². The number of benzene rings is 3. The van der Waals surface area contributed by atoms with Crippen molar-refractivity contribution in [3.05, 3.63) is 118 Å². The van der Waals surface area contributed by atoms with Gasteiger partial charge in [-0.05, 0) is 28.4 Å². The van der Waals surface area contributed by atoms with Gasteiger partial charge in [0.05, 0.1) is 0 Å². The van der Waals surface area contributed by atoms with Gasteiger partial charge in [0.1, 0.15) is 0 Å². The monoisotopic (exact) mass is 633 g/mol. The number of hydrogen-bond donors (Lipinski definition) is 0. The van der Waals surface area contributed by atoms with Crippen molar-refractivity contribution >= 4 is 4.21 Å². The molecule has 2 aliphatic carbocycles. The van der Waals surface area contributed by atoms with Crippen LogP contribution in [0.2, 0.25) is 0 Å². The van der Waals surface area contributed by atoms with E-state index < -0.39 is 11.7 Å². The summed E-state index contributed by atoms with van der Waals surface area (Å²) in [6, 6.07) is 22.1. The van der Waals surface area contributed by atoms with Gasteiger partial charge in [0.15, 0.2) is 0 Å². The van der Waals surface area contributed by atoms with E-state index in [9.17, 15) is 13.2 Å². The van der Waals surface area contributed by atoms with E-state index in [-0.39, 0.29) is 10.8 Å². The van der Waals surface area contributed by atoms with E-state index in [1.165, 1.54) is 80.9 Å². The van der Waals surface area contributed by atoms with E-state index in [2.05, 4.69) is 121 Å². The molecule has 2 aliphatic rings. The summed E-state index contributed by atoms with van der Waals surface area (Å²) < 4.78 is 38.7. The second kappa shape index (κ2) is 14.2. The minimum atomic E-state index is -4.23. The van der Waals surface area contributed by atoms with E-state index in [0.29, 0.717) is 5.92 Å². The molecular formula is C37H42F3Zr-3. The van der Waals surface area contributed by atoms with E-state index in [4.69, 9.17) is 0 Å². The zero-order valence-electron chi connectivity index (χ0n) is 25.9. The van der Waals surface area contributed by atoms with Gasteiger partial charge in [-0.2, -0.15) is 73.3 Å². The van der Waals surface area contributed by atoms with Crippen molar-refractivity contribution in [1.29, 1.82) is 0 Å². The standard InChI is InChI=1S/C21H25.C8H11.C7H4F3.CH2.Zr/c1-20(2,3)16-7-9-18-14(12-16)11-15-13-17(21(4,5)6)8-10-19(15)18;1-6-4-7(2)8(3)5-6;8-7(9,10)6-4-2-1-3-5-6;;/h7-10,12H,11H2,1-6H3;4,6H,1-3H3;2-5H;1H2;/q3*-1;;. The van der Waals surface area contributed by atoms with Crippen LogP contribution in [0.4, 0.5) is 13.2 Å². The average Bonchev–Trinajstić information content (AvgIpc) is 3.41. The first-order valence-electron chi connectivity index (χ1n) is 13.8. The number of fused-ring (bicyclic) bond motifs is 3. The van der Waals surface area contributed by atoms with Crippen LogP contribution in [0, 0.1) is 24.1 Å². The summed E-state index contributed by atoms with van der Waals surface area (Å²) in [6.07, 6.45) is 2.32. The van der Waals surface area contributed by atoms with Crippen LogP contribution in [0.15, 0.2) is 71.8 Å². The molecule has 0 N–H and O–H groups in total. The number of halogens is 3. The van der Waals surface area contributed by atoms with Crippen LogP contribution < -0.4 is 0 Å². The molecule has 3 aromatic rings. The van der Waals surface area contributed by atoms with Gasteiger partial charge >= 0.3 is 34.6 Å². The molecule has 0 fully saturated rings. The topological polar surface area (TPSA) is 0 Å². The molecule has 0 spiro atoms. The first-order valence-corrected chi connectivity index (χ1v) is 15.6. The van der Waals surface area contributed by atoms with Gasteiger partial charge in [-0.3, -0.25) is 6.08 Å². The van der Waals surface area contributed by atoms with Crippen LogP contribution in [0.25, 0.3) is 11.1 Å². The Hall–Kier alpha value is -2.32. The van der Waals surface area contributed by atoms with Gasteiger partial charge in [-0.15, -0.1) is 18.1 Å². The SMILES string of the molecule is CC(C)(C)c1[c-]c2c(cc1)-c1ccc(C(C)(C)C)cc1C2.CC1=[C-]C(C)C=C1C.FC(F)(F)c1cc[c-]cc1.[CH2]=[Zr]. The van der Waals surface area contributed by atoms with Gasteiger partial charge in [0.2, 0.25) is 0 Å². The number of rotatable bonds is 0. The van der Waals surface area contributed by atoms with Crippen molar-refractivity contribution in [2.75, 3.05) is 0 Å². The van der Waals surface area contributed by atoms with E-state index in [1.807, 2.05) is 0 Å². The third-order valence-corrected chi connectivity index (χ3v) is 7.05. The fourth-order valence-corrected chi connectivity index (χ4v) is 4.60. The zero-order valence-corrected chi connectivity index (χ0v) is 28.4. The molecule has 3 aromatic carbocycles. The van der Waals surface area contributed by atoms with Crippen LogP contribution in [-0.4, -0.2) is 4.21 Å². The average molecular weight is 635 g/mol. The van der Waals surface area contributed by atoms with Crippen molar-refractivity contribution in [2.24, 2.45) is 5.92 Å². The Kier molecular flexibility index (Phi) is 12.1. The molecule has 0 saturated carbocycles. The summed E-state index contributed by atoms with van der Waals surface area (Å²) in [5.74, 6) is 0.551. The molecule has 0 bridgehead atoms. The van der Waals surface area contributed by atoms with Crippen LogP contribution >= 0.6 is 0 Å². The molecular weight excluding hydrogens is 593 g/mol. The fraction of sp³-hybridized carbons (Fsp3) is 0.378. The van der Waals surface area contributed by atoms with Crippen molar-refractivity contribution in [3.8, 4) is 11.1 Å².